The summed E-state index contributed by atoms with van der Waals surface area (Å²) in [6.07, 6.45) is 6.46. The zero-order valence-electron chi connectivity index (χ0n) is 10.8. The molecular weight excluding hydrogens is 370 g/mol. The monoisotopic (exact) mass is 385 g/mol. The van der Waals surface area contributed by atoms with Crippen LogP contribution in [0.25, 0.3) is 0 Å². The van der Waals surface area contributed by atoms with Crippen LogP contribution in [-0.2, 0) is 0 Å². The summed E-state index contributed by atoms with van der Waals surface area (Å²) in [5, 5.41) is 0. The van der Waals surface area contributed by atoms with Gasteiger partial charge >= 0.3 is 0 Å². The van der Waals surface area contributed by atoms with Crippen molar-refractivity contribution in [2.75, 3.05) is 13.1 Å². The average molecular weight is 387 g/mol. The first-order valence-electron chi connectivity index (χ1n) is 6.84. The molecule has 0 aromatic heterocycles. The van der Waals surface area contributed by atoms with Crippen LogP contribution in [0.1, 0.15) is 42.5 Å². The Kier molecular flexibility index (Phi) is 3.73. The van der Waals surface area contributed by atoms with E-state index >= 15 is 0 Å². The first-order valence-corrected chi connectivity index (χ1v) is 8.43. The van der Waals surface area contributed by atoms with E-state index in [1.54, 1.807) is 0 Å². The molecule has 0 atom stereocenters. The topological polar surface area (TPSA) is 20.3 Å². The summed E-state index contributed by atoms with van der Waals surface area (Å²) < 4.78 is 1.84. The van der Waals surface area contributed by atoms with Crippen molar-refractivity contribution < 1.29 is 4.79 Å². The smallest absolute Gasteiger partial charge is 0.255 e. The van der Waals surface area contributed by atoms with Crippen molar-refractivity contribution in [2.24, 2.45) is 5.41 Å². The number of likely N-dealkylation sites (tertiary alicyclic amines) is 1. The third-order valence-corrected chi connectivity index (χ3v) is 5.73. The highest BCUT2D eigenvalue weighted by molar-refractivity contribution is 9.11. The Morgan fingerprint density at radius 1 is 1.16 bits per heavy atom. The largest absolute Gasteiger partial charge is 0.338 e. The Labute approximate surface area is 130 Å². The van der Waals surface area contributed by atoms with Crippen LogP contribution in [0.3, 0.4) is 0 Å². The molecule has 0 radical (unpaired) electrons. The van der Waals surface area contributed by atoms with Crippen LogP contribution in [0.15, 0.2) is 27.1 Å². The van der Waals surface area contributed by atoms with E-state index in [2.05, 4.69) is 31.9 Å². The number of benzene rings is 1. The first-order chi connectivity index (χ1) is 9.10. The Balaban J connectivity index is 1.79. The fourth-order valence-corrected chi connectivity index (χ4v) is 4.25. The van der Waals surface area contributed by atoms with Crippen molar-refractivity contribution in [3.05, 3.63) is 32.7 Å². The predicted molar refractivity (Wildman–Crippen MR) is 83.3 cm³/mol. The van der Waals surface area contributed by atoms with Gasteiger partial charge in [-0.15, -0.1) is 0 Å². The minimum atomic E-state index is 0.164. The summed E-state index contributed by atoms with van der Waals surface area (Å²) in [6.45, 7) is 1.86. The van der Waals surface area contributed by atoms with Gasteiger partial charge in [0.25, 0.3) is 5.91 Å². The molecule has 4 heteroatoms. The third-order valence-electron chi connectivity index (χ3n) is 4.55. The molecule has 1 aliphatic carbocycles. The number of hydrogen-bond donors (Lipinski definition) is 0. The quantitative estimate of drug-likeness (QED) is 0.689. The van der Waals surface area contributed by atoms with E-state index in [9.17, 15) is 4.79 Å². The molecule has 1 aliphatic heterocycles. The van der Waals surface area contributed by atoms with Crippen molar-refractivity contribution in [3.8, 4) is 0 Å². The highest BCUT2D eigenvalue weighted by Gasteiger charge is 2.41. The minimum Gasteiger partial charge on any atom is -0.338 e. The Hall–Kier alpha value is -0.350. The van der Waals surface area contributed by atoms with Crippen molar-refractivity contribution in [1.29, 1.82) is 0 Å². The van der Waals surface area contributed by atoms with Crippen molar-refractivity contribution in [1.82, 2.24) is 4.90 Å². The Morgan fingerprint density at radius 3 is 2.63 bits per heavy atom. The number of nitrogens with zero attached hydrogens (tertiary/aromatic N) is 1. The van der Waals surface area contributed by atoms with E-state index in [1.807, 2.05) is 23.1 Å². The molecule has 1 aromatic rings. The second-order valence-corrected chi connectivity index (χ2v) is 7.58. The number of halogens is 2. The lowest BCUT2D eigenvalue weighted by Crippen LogP contribution is -2.31. The molecule has 1 saturated carbocycles. The van der Waals surface area contributed by atoms with E-state index in [-0.39, 0.29) is 5.91 Å². The maximum Gasteiger partial charge on any atom is 0.255 e. The normalized spacial score (nSPS) is 21.3. The van der Waals surface area contributed by atoms with E-state index in [4.69, 9.17) is 0 Å². The molecule has 0 bridgehead atoms. The second kappa shape index (κ2) is 5.21. The van der Waals surface area contributed by atoms with Crippen LogP contribution in [0.5, 0.6) is 0 Å². The fraction of sp³-hybridized carbons (Fsp3) is 0.533. The van der Waals surface area contributed by atoms with Crippen molar-refractivity contribution in [2.45, 2.75) is 32.1 Å². The van der Waals surface area contributed by atoms with Gasteiger partial charge in [0.15, 0.2) is 0 Å². The fourth-order valence-electron chi connectivity index (χ4n) is 3.47. The molecular formula is C15H17Br2NO. The summed E-state index contributed by atoms with van der Waals surface area (Å²) in [7, 11) is 0. The van der Waals surface area contributed by atoms with E-state index in [1.165, 1.54) is 32.1 Å². The van der Waals surface area contributed by atoms with E-state index in [0.29, 0.717) is 5.41 Å². The molecule has 1 saturated heterocycles. The van der Waals surface area contributed by atoms with Gasteiger partial charge in [-0.25, -0.2) is 0 Å². The van der Waals surface area contributed by atoms with Crippen LogP contribution in [0.2, 0.25) is 0 Å². The van der Waals surface area contributed by atoms with Gasteiger partial charge in [0.2, 0.25) is 0 Å². The number of amides is 1. The molecule has 102 valence electrons. The molecule has 3 rings (SSSR count). The van der Waals surface area contributed by atoms with E-state index in [0.717, 1.165) is 27.6 Å². The molecule has 2 fully saturated rings. The van der Waals surface area contributed by atoms with E-state index < -0.39 is 0 Å². The van der Waals surface area contributed by atoms with Crippen LogP contribution < -0.4 is 0 Å². The second-order valence-electron chi connectivity index (χ2n) is 5.81. The summed E-state index contributed by atoms with van der Waals surface area (Å²) in [6, 6.07) is 5.79. The van der Waals surface area contributed by atoms with Crippen LogP contribution >= 0.6 is 31.9 Å². The number of hydrogen-bond acceptors (Lipinski definition) is 1. The van der Waals surface area contributed by atoms with Gasteiger partial charge < -0.3 is 4.90 Å². The standard InChI is InChI=1S/C15H17Br2NO/c16-11-3-4-13(17)12(9-11)14(19)18-8-7-15(10-18)5-1-2-6-15/h3-4,9H,1-2,5-8,10H2. The van der Waals surface area contributed by atoms with Crippen molar-refractivity contribution >= 4 is 37.8 Å². The highest BCUT2D eigenvalue weighted by Crippen LogP contribution is 2.45. The Bertz CT molecular complexity index is 509. The SMILES string of the molecule is O=C(c1cc(Br)ccc1Br)N1CCC2(CCCC2)C1. The van der Waals surface area contributed by atoms with Gasteiger partial charge in [0.05, 0.1) is 5.56 Å². The molecule has 0 unspecified atom stereocenters. The molecule has 1 heterocycles. The van der Waals surface area contributed by atoms with Crippen LogP contribution in [0, 0.1) is 5.41 Å². The molecule has 1 spiro atoms. The number of carbonyl (C=O) groups is 1. The maximum atomic E-state index is 12.6. The third kappa shape index (κ3) is 2.62. The van der Waals surface area contributed by atoms with Gasteiger partial charge in [-0.1, -0.05) is 28.8 Å². The number of carbonyl (C=O) groups excluding carboxylic acids is 1. The first kappa shape index (κ1) is 13.6. The lowest BCUT2D eigenvalue weighted by atomic mass is 9.86. The zero-order chi connectivity index (χ0) is 13.5. The highest BCUT2D eigenvalue weighted by atomic mass is 79.9. The van der Waals surface area contributed by atoms with Crippen LogP contribution in [0.4, 0.5) is 0 Å². The maximum absolute atomic E-state index is 12.6. The zero-order valence-corrected chi connectivity index (χ0v) is 14.0. The number of rotatable bonds is 1. The summed E-state index contributed by atoms with van der Waals surface area (Å²) in [4.78, 5) is 14.7. The lowest BCUT2D eigenvalue weighted by Gasteiger charge is -2.23. The molecule has 2 nitrogen and oxygen atoms in total. The van der Waals surface area contributed by atoms with Gasteiger partial charge in [0.1, 0.15) is 0 Å². The van der Waals surface area contributed by atoms with Crippen molar-refractivity contribution in [3.63, 3.8) is 0 Å². The average Bonchev–Trinajstić information content (AvgIpc) is 3.03. The molecule has 0 N–H and O–H groups in total. The molecule has 2 aliphatic rings. The van der Waals surface area contributed by atoms with Crippen LogP contribution in [-0.4, -0.2) is 23.9 Å². The van der Waals surface area contributed by atoms with Gasteiger partial charge in [-0.05, 0) is 58.8 Å². The predicted octanol–water partition coefficient (Wildman–Crippen LogP) is 4.62. The molecule has 1 amide bonds. The van der Waals surface area contributed by atoms with Gasteiger partial charge in [-0.2, -0.15) is 0 Å². The molecule has 1 aromatic carbocycles. The minimum absolute atomic E-state index is 0.164. The summed E-state index contributed by atoms with van der Waals surface area (Å²) in [5.74, 6) is 0.164. The summed E-state index contributed by atoms with van der Waals surface area (Å²) in [5.41, 5.74) is 1.21. The molecule has 19 heavy (non-hydrogen) atoms. The van der Waals surface area contributed by atoms with Gasteiger partial charge in [0, 0.05) is 22.0 Å². The Morgan fingerprint density at radius 2 is 1.89 bits per heavy atom. The lowest BCUT2D eigenvalue weighted by molar-refractivity contribution is 0.0772. The summed E-state index contributed by atoms with van der Waals surface area (Å²) >= 11 is 6.93. The van der Waals surface area contributed by atoms with Gasteiger partial charge in [-0.3, -0.25) is 4.79 Å².